The quantitative estimate of drug-likeness (QED) is 0.512. The van der Waals surface area contributed by atoms with Gasteiger partial charge in [0.05, 0.1) is 0 Å². The third kappa shape index (κ3) is 0.778. The molecule has 1 aliphatic rings. The Kier molecular flexibility index (Phi) is 1.17. The molecular weight excluding hydrogens is 115 g/mol. The lowest BCUT2D eigenvalue weighted by Gasteiger charge is -2.15. The number of alkyl halides is 1. The smallest absolute Gasteiger partial charge is 0.114 e. The molecule has 0 bridgehead atoms. The minimum atomic E-state index is -0.874. The van der Waals surface area contributed by atoms with Crippen molar-refractivity contribution in [3.05, 3.63) is 0 Å². The number of rotatable bonds is 1. The van der Waals surface area contributed by atoms with Crippen molar-refractivity contribution in [2.75, 3.05) is 0 Å². The van der Waals surface area contributed by atoms with Crippen LogP contribution in [-0.4, -0.2) is 5.67 Å². The van der Waals surface area contributed by atoms with Crippen LogP contribution in [0, 0.1) is 11.3 Å². The van der Waals surface area contributed by atoms with Gasteiger partial charge in [0.25, 0.3) is 0 Å². The van der Waals surface area contributed by atoms with Crippen molar-refractivity contribution >= 4 is 0 Å². The van der Waals surface area contributed by atoms with Crippen LogP contribution in [0.1, 0.15) is 34.1 Å². The van der Waals surface area contributed by atoms with Gasteiger partial charge in [-0.25, -0.2) is 4.39 Å². The third-order valence-corrected chi connectivity index (χ3v) is 3.04. The summed E-state index contributed by atoms with van der Waals surface area (Å²) in [7, 11) is 0. The lowest BCUT2D eigenvalue weighted by molar-refractivity contribution is 0.215. The molecule has 1 heteroatoms. The van der Waals surface area contributed by atoms with E-state index >= 15 is 0 Å². The van der Waals surface area contributed by atoms with Crippen LogP contribution >= 0.6 is 0 Å². The first kappa shape index (κ1) is 7.04. The fraction of sp³-hybridized carbons (Fsp3) is 1.00. The summed E-state index contributed by atoms with van der Waals surface area (Å²) in [6.45, 7) is 7.90. The van der Waals surface area contributed by atoms with Gasteiger partial charge in [0.2, 0.25) is 0 Å². The summed E-state index contributed by atoms with van der Waals surface area (Å²) in [6.07, 6.45) is 0.748. The predicted molar refractivity (Wildman–Crippen MR) is 37.1 cm³/mol. The molecule has 9 heavy (non-hydrogen) atoms. The highest BCUT2D eigenvalue weighted by Gasteiger charge is 2.63. The van der Waals surface area contributed by atoms with Crippen LogP contribution in [0.4, 0.5) is 4.39 Å². The first-order valence-electron chi connectivity index (χ1n) is 3.59. The molecule has 0 aliphatic heterocycles. The number of halogens is 1. The van der Waals surface area contributed by atoms with Crippen molar-refractivity contribution in [3.63, 3.8) is 0 Å². The molecule has 0 nitrogen and oxygen atoms in total. The molecule has 0 aromatic carbocycles. The van der Waals surface area contributed by atoms with Crippen LogP contribution in [0.15, 0.2) is 0 Å². The van der Waals surface area contributed by atoms with Gasteiger partial charge >= 0.3 is 0 Å². The molecule has 0 spiro atoms. The molecule has 1 fully saturated rings. The van der Waals surface area contributed by atoms with Gasteiger partial charge in [-0.1, -0.05) is 20.8 Å². The standard InChI is InChI=1S/C8H15F/c1-6(2)7(3)5-8(7,4)9/h6H,5H2,1-4H3. The second kappa shape index (κ2) is 1.50. The Labute approximate surface area is 56.5 Å². The third-order valence-electron chi connectivity index (χ3n) is 3.04. The minimum absolute atomic E-state index is 0.0208. The van der Waals surface area contributed by atoms with E-state index in [0.29, 0.717) is 5.92 Å². The SMILES string of the molecule is CC(C)C1(C)CC1(C)F. The predicted octanol–water partition coefficient (Wildman–Crippen LogP) is 2.78. The van der Waals surface area contributed by atoms with E-state index in [1.807, 2.05) is 6.92 Å². The fourth-order valence-electron chi connectivity index (χ4n) is 1.45. The molecule has 54 valence electrons. The molecule has 0 aromatic heterocycles. The van der Waals surface area contributed by atoms with E-state index in [0.717, 1.165) is 6.42 Å². The molecule has 0 radical (unpaired) electrons. The number of hydrogen-bond donors (Lipinski definition) is 0. The van der Waals surface area contributed by atoms with Crippen molar-refractivity contribution in [1.82, 2.24) is 0 Å². The maximum Gasteiger partial charge on any atom is 0.114 e. The largest absolute Gasteiger partial charge is 0.244 e. The average molecular weight is 130 g/mol. The topological polar surface area (TPSA) is 0 Å². The van der Waals surface area contributed by atoms with E-state index in [4.69, 9.17) is 0 Å². The maximum absolute atomic E-state index is 13.1. The van der Waals surface area contributed by atoms with Crippen LogP contribution in [0.3, 0.4) is 0 Å². The lowest BCUT2D eigenvalue weighted by Crippen LogP contribution is -2.14. The molecule has 0 N–H and O–H groups in total. The molecule has 2 unspecified atom stereocenters. The highest BCUT2D eigenvalue weighted by molar-refractivity contribution is 5.12. The van der Waals surface area contributed by atoms with Gasteiger partial charge in [-0.3, -0.25) is 0 Å². The Hall–Kier alpha value is -0.0700. The zero-order valence-electron chi connectivity index (χ0n) is 6.66. The summed E-state index contributed by atoms with van der Waals surface area (Å²) < 4.78 is 13.1. The van der Waals surface area contributed by atoms with Crippen LogP contribution < -0.4 is 0 Å². The monoisotopic (exact) mass is 130 g/mol. The molecule has 0 heterocycles. The van der Waals surface area contributed by atoms with E-state index in [2.05, 4.69) is 13.8 Å². The van der Waals surface area contributed by atoms with Gasteiger partial charge in [0.15, 0.2) is 0 Å². The van der Waals surface area contributed by atoms with E-state index < -0.39 is 5.67 Å². The highest BCUT2D eigenvalue weighted by atomic mass is 19.1. The summed E-state index contributed by atoms with van der Waals surface area (Å²) in [5, 5.41) is 0. The van der Waals surface area contributed by atoms with Crippen molar-refractivity contribution in [2.24, 2.45) is 11.3 Å². The van der Waals surface area contributed by atoms with Gasteiger partial charge in [-0.05, 0) is 19.3 Å². The maximum atomic E-state index is 13.1. The summed E-state index contributed by atoms with van der Waals surface area (Å²) in [4.78, 5) is 0. The first-order chi connectivity index (χ1) is 3.90. The van der Waals surface area contributed by atoms with Crippen LogP contribution in [0.2, 0.25) is 0 Å². The van der Waals surface area contributed by atoms with Crippen molar-refractivity contribution in [2.45, 2.75) is 39.8 Å². The summed E-state index contributed by atoms with van der Waals surface area (Å²) in [5.74, 6) is 0.479. The van der Waals surface area contributed by atoms with Gasteiger partial charge < -0.3 is 0 Å². The summed E-state index contributed by atoms with van der Waals surface area (Å²) in [5.41, 5.74) is -0.895. The molecule has 0 amide bonds. The van der Waals surface area contributed by atoms with Gasteiger partial charge in [-0.15, -0.1) is 0 Å². The molecular formula is C8H15F. The van der Waals surface area contributed by atoms with E-state index in [1.165, 1.54) is 0 Å². The molecule has 0 aromatic rings. The summed E-state index contributed by atoms with van der Waals surface area (Å²) >= 11 is 0. The van der Waals surface area contributed by atoms with Gasteiger partial charge in [0, 0.05) is 5.41 Å². The van der Waals surface area contributed by atoms with Crippen LogP contribution in [-0.2, 0) is 0 Å². The van der Waals surface area contributed by atoms with E-state index in [1.54, 1.807) is 6.92 Å². The molecule has 2 atom stereocenters. The Bertz CT molecular complexity index is 127. The minimum Gasteiger partial charge on any atom is -0.244 e. The Morgan fingerprint density at radius 2 is 1.67 bits per heavy atom. The van der Waals surface area contributed by atoms with E-state index in [9.17, 15) is 4.39 Å². The normalized spacial score (nSPS) is 50.0. The fourth-order valence-corrected chi connectivity index (χ4v) is 1.45. The second-order valence-electron chi connectivity index (χ2n) is 3.95. The summed E-state index contributed by atoms with van der Waals surface area (Å²) in [6, 6.07) is 0. The van der Waals surface area contributed by atoms with Crippen molar-refractivity contribution in [3.8, 4) is 0 Å². The highest BCUT2D eigenvalue weighted by Crippen LogP contribution is 2.62. The molecule has 1 saturated carbocycles. The lowest BCUT2D eigenvalue weighted by atomic mass is 9.92. The first-order valence-corrected chi connectivity index (χ1v) is 3.59. The van der Waals surface area contributed by atoms with Crippen LogP contribution in [0.25, 0.3) is 0 Å². The Morgan fingerprint density at radius 1 is 1.33 bits per heavy atom. The molecule has 1 rings (SSSR count). The van der Waals surface area contributed by atoms with Gasteiger partial charge in [0.1, 0.15) is 5.67 Å². The second-order valence-corrected chi connectivity index (χ2v) is 3.95. The Morgan fingerprint density at radius 3 is 1.67 bits per heavy atom. The van der Waals surface area contributed by atoms with Crippen LogP contribution in [0.5, 0.6) is 0 Å². The zero-order chi connectivity index (χ0) is 7.28. The number of hydrogen-bond acceptors (Lipinski definition) is 0. The van der Waals surface area contributed by atoms with Crippen molar-refractivity contribution < 1.29 is 4.39 Å². The van der Waals surface area contributed by atoms with E-state index in [-0.39, 0.29) is 5.41 Å². The Balaban J connectivity index is 2.63. The van der Waals surface area contributed by atoms with Crippen molar-refractivity contribution in [1.29, 1.82) is 0 Å². The van der Waals surface area contributed by atoms with Gasteiger partial charge in [-0.2, -0.15) is 0 Å². The molecule has 1 aliphatic carbocycles. The molecule has 0 saturated heterocycles. The zero-order valence-corrected chi connectivity index (χ0v) is 6.66. The average Bonchev–Trinajstić information content (AvgIpc) is 2.08.